The molecule has 0 saturated carbocycles. The molecule has 0 spiro atoms. The van der Waals surface area contributed by atoms with Crippen molar-refractivity contribution in [2.24, 2.45) is 12.8 Å². The van der Waals surface area contributed by atoms with Crippen LogP contribution in [0, 0.1) is 0 Å². The summed E-state index contributed by atoms with van der Waals surface area (Å²) in [4.78, 5) is 11.7. The highest BCUT2D eigenvalue weighted by molar-refractivity contribution is 5.71. The maximum atomic E-state index is 10.3. The molecule has 0 aliphatic rings. The minimum atomic E-state index is -0.524. The normalized spacial score (nSPS) is 10.1. The fraction of sp³-hybridized carbons (Fsp3) is 0.667. The van der Waals surface area contributed by atoms with Gasteiger partial charge < -0.3 is 16.4 Å². The van der Waals surface area contributed by atoms with Crippen LogP contribution in [0.25, 0.3) is 0 Å². The summed E-state index contributed by atoms with van der Waals surface area (Å²) in [7, 11) is 1.70. The van der Waals surface area contributed by atoms with E-state index in [-0.39, 0.29) is 0 Å². The Balaban J connectivity index is 2.07. The summed E-state index contributed by atoms with van der Waals surface area (Å²) in [6.45, 7) is 1.62. The topological polar surface area (TPSA) is 111 Å². The number of nitrogens with two attached hydrogens (primary N) is 1. The van der Waals surface area contributed by atoms with Crippen molar-refractivity contribution in [1.82, 2.24) is 30.8 Å². The Hall–Kier alpha value is -1.70. The van der Waals surface area contributed by atoms with E-state index >= 15 is 0 Å². The van der Waals surface area contributed by atoms with Gasteiger partial charge in [-0.1, -0.05) is 0 Å². The number of nitrogens with one attached hydrogen (secondary N) is 2. The Morgan fingerprint density at radius 3 is 2.93 bits per heavy atom. The molecule has 0 bridgehead atoms. The zero-order chi connectivity index (χ0) is 10.4. The van der Waals surface area contributed by atoms with Crippen LogP contribution in [0.3, 0.4) is 0 Å². The van der Waals surface area contributed by atoms with Crippen molar-refractivity contribution in [3.05, 3.63) is 5.82 Å². The number of aryl methyl sites for hydroxylation is 1. The van der Waals surface area contributed by atoms with Gasteiger partial charge in [-0.3, -0.25) is 0 Å². The molecule has 0 aromatic carbocycles. The van der Waals surface area contributed by atoms with Crippen molar-refractivity contribution in [1.29, 1.82) is 0 Å². The number of tetrazole rings is 1. The molecule has 2 amide bonds. The molecule has 78 valence electrons. The van der Waals surface area contributed by atoms with Crippen molar-refractivity contribution in [2.75, 3.05) is 13.1 Å². The molecule has 0 aliphatic heterocycles. The zero-order valence-corrected chi connectivity index (χ0v) is 7.90. The van der Waals surface area contributed by atoms with Gasteiger partial charge in [-0.15, -0.1) is 10.2 Å². The number of hydrogen-bond acceptors (Lipinski definition) is 5. The molecule has 14 heavy (non-hydrogen) atoms. The Morgan fingerprint density at radius 1 is 1.57 bits per heavy atom. The van der Waals surface area contributed by atoms with Crippen LogP contribution in [0.1, 0.15) is 5.82 Å². The summed E-state index contributed by atoms with van der Waals surface area (Å²) in [5, 5.41) is 16.9. The van der Waals surface area contributed by atoms with Gasteiger partial charge in [0.05, 0.1) is 13.6 Å². The molecule has 8 nitrogen and oxygen atoms in total. The van der Waals surface area contributed by atoms with Crippen LogP contribution >= 0.6 is 0 Å². The lowest BCUT2D eigenvalue weighted by atomic mass is 10.5. The van der Waals surface area contributed by atoms with Crippen LogP contribution in [0.2, 0.25) is 0 Å². The van der Waals surface area contributed by atoms with Crippen LogP contribution in [0.5, 0.6) is 0 Å². The second-order valence-corrected chi connectivity index (χ2v) is 2.66. The fourth-order valence-electron chi connectivity index (χ4n) is 0.868. The van der Waals surface area contributed by atoms with Gasteiger partial charge in [-0.25, -0.2) is 4.79 Å². The second-order valence-electron chi connectivity index (χ2n) is 2.66. The van der Waals surface area contributed by atoms with E-state index < -0.39 is 6.03 Å². The quantitative estimate of drug-likeness (QED) is 0.473. The highest BCUT2D eigenvalue weighted by atomic mass is 16.2. The highest BCUT2D eigenvalue weighted by Crippen LogP contribution is 1.81. The van der Waals surface area contributed by atoms with Crippen LogP contribution < -0.4 is 16.4 Å². The van der Waals surface area contributed by atoms with Crippen LogP contribution in [-0.4, -0.2) is 39.3 Å². The number of hydrogen-bond donors (Lipinski definition) is 3. The molecule has 0 saturated heterocycles. The minimum absolute atomic E-state index is 0.482. The predicted octanol–water partition coefficient (Wildman–Crippen LogP) is -2.03. The number of primary amides is 1. The van der Waals surface area contributed by atoms with E-state index in [9.17, 15) is 4.79 Å². The smallest absolute Gasteiger partial charge is 0.312 e. The summed E-state index contributed by atoms with van der Waals surface area (Å²) < 4.78 is 0. The average molecular weight is 199 g/mol. The van der Waals surface area contributed by atoms with E-state index in [1.807, 2.05) is 0 Å². The predicted molar refractivity (Wildman–Crippen MR) is 48.1 cm³/mol. The molecule has 4 N–H and O–H groups in total. The van der Waals surface area contributed by atoms with E-state index in [1.165, 1.54) is 4.80 Å². The number of amides is 2. The van der Waals surface area contributed by atoms with Crippen LogP contribution in [-0.2, 0) is 13.6 Å². The molecule has 1 rings (SSSR count). The van der Waals surface area contributed by atoms with Crippen molar-refractivity contribution >= 4 is 6.03 Å². The summed E-state index contributed by atoms with van der Waals surface area (Å²) >= 11 is 0. The summed E-state index contributed by atoms with van der Waals surface area (Å²) in [6, 6.07) is -0.524. The van der Waals surface area contributed by atoms with E-state index in [1.54, 1.807) is 7.05 Å². The van der Waals surface area contributed by atoms with Gasteiger partial charge in [0.2, 0.25) is 0 Å². The van der Waals surface area contributed by atoms with Gasteiger partial charge in [0, 0.05) is 13.1 Å². The Morgan fingerprint density at radius 2 is 2.36 bits per heavy atom. The molecule has 0 atom stereocenters. The summed E-state index contributed by atoms with van der Waals surface area (Å²) in [5.74, 6) is 0.617. The van der Waals surface area contributed by atoms with Gasteiger partial charge in [0.15, 0.2) is 5.82 Å². The fourth-order valence-corrected chi connectivity index (χ4v) is 0.868. The van der Waals surface area contributed by atoms with Crippen LogP contribution in [0.15, 0.2) is 0 Å². The molecule has 1 aromatic rings. The highest BCUT2D eigenvalue weighted by Gasteiger charge is 1.98. The largest absolute Gasteiger partial charge is 0.352 e. The first-order chi connectivity index (χ1) is 6.68. The lowest BCUT2D eigenvalue weighted by molar-refractivity contribution is 0.249. The molecule has 0 radical (unpaired) electrons. The number of rotatable bonds is 5. The first-order valence-electron chi connectivity index (χ1n) is 4.15. The van der Waals surface area contributed by atoms with Crippen molar-refractivity contribution < 1.29 is 4.79 Å². The lowest BCUT2D eigenvalue weighted by Crippen LogP contribution is -2.35. The molecule has 8 heteroatoms. The van der Waals surface area contributed by atoms with Crippen molar-refractivity contribution in [3.8, 4) is 0 Å². The van der Waals surface area contributed by atoms with Gasteiger partial charge >= 0.3 is 6.03 Å². The maximum absolute atomic E-state index is 10.3. The third-order valence-electron chi connectivity index (χ3n) is 1.43. The zero-order valence-electron chi connectivity index (χ0n) is 7.90. The number of nitrogens with zero attached hydrogens (tertiary/aromatic N) is 4. The van der Waals surface area contributed by atoms with Crippen LogP contribution in [0.4, 0.5) is 4.79 Å². The van der Waals surface area contributed by atoms with Gasteiger partial charge in [0.1, 0.15) is 0 Å². The van der Waals surface area contributed by atoms with E-state index in [4.69, 9.17) is 5.73 Å². The Kier molecular flexibility index (Phi) is 3.80. The molecule has 0 fully saturated rings. The first kappa shape index (κ1) is 10.4. The summed E-state index contributed by atoms with van der Waals surface area (Å²) in [5.41, 5.74) is 4.87. The van der Waals surface area contributed by atoms with Crippen molar-refractivity contribution in [2.45, 2.75) is 6.54 Å². The third kappa shape index (κ3) is 3.81. The monoisotopic (exact) mass is 199 g/mol. The third-order valence-corrected chi connectivity index (χ3v) is 1.43. The lowest BCUT2D eigenvalue weighted by Gasteiger charge is -2.01. The van der Waals surface area contributed by atoms with Gasteiger partial charge in [-0.05, 0) is 5.21 Å². The van der Waals surface area contributed by atoms with E-state index in [0.717, 1.165) is 0 Å². The number of aromatic nitrogens is 4. The maximum Gasteiger partial charge on any atom is 0.312 e. The van der Waals surface area contributed by atoms with E-state index in [0.29, 0.717) is 25.5 Å². The summed E-state index contributed by atoms with van der Waals surface area (Å²) in [6.07, 6.45) is 0. The van der Waals surface area contributed by atoms with E-state index in [2.05, 4.69) is 26.0 Å². The SMILES string of the molecule is Cn1nnc(CNCCNC(N)=O)n1. The molecular formula is C6H13N7O. The standard InChI is InChI=1S/C6H13N7O/c1-13-11-5(10-12-13)4-8-2-3-9-6(7)14/h8H,2-4H2,1H3,(H3,7,9,14). The van der Waals surface area contributed by atoms with Gasteiger partial charge in [0.25, 0.3) is 0 Å². The molecule has 1 heterocycles. The molecular weight excluding hydrogens is 186 g/mol. The van der Waals surface area contributed by atoms with Crippen molar-refractivity contribution in [3.63, 3.8) is 0 Å². The molecule has 0 aliphatic carbocycles. The Bertz CT molecular complexity index is 296. The number of carbonyl (C=O) groups excluding carboxylic acids is 1. The minimum Gasteiger partial charge on any atom is -0.352 e. The number of urea groups is 1. The molecule has 1 aromatic heterocycles. The average Bonchev–Trinajstić information content (AvgIpc) is 2.50. The molecule has 0 unspecified atom stereocenters. The second kappa shape index (κ2) is 5.12. The first-order valence-corrected chi connectivity index (χ1v) is 4.15. The Labute approximate surface area is 80.8 Å². The number of carbonyl (C=O) groups is 1. The van der Waals surface area contributed by atoms with Gasteiger partial charge in [-0.2, -0.15) is 4.80 Å².